The first kappa shape index (κ1) is 25.0. The fourth-order valence-electron chi connectivity index (χ4n) is 3.02. The number of nitrogens with one attached hydrogen (secondary N) is 1. The highest BCUT2D eigenvalue weighted by Crippen LogP contribution is 2.23. The fraction of sp³-hybridized carbons (Fsp3) is 0.348. The lowest BCUT2D eigenvalue weighted by molar-refractivity contribution is -0.135. The fourth-order valence-corrected chi connectivity index (χ4v) is 3.02. The van der Waals surface area contributed by atoms with Gasteiger partial charge in [0.05, 0.1) is 19.8 Å². The van der Waals surface area contributed by atoms with Crippen molar-refractivity contribution < 1.29 is 34.1 Å². The molecule has 0 saturated heterocycles. The van der Waals surface area contributed by atoms with Crippen LogP contribution in [0.25, 0.3) is 11.1 Å². The van der Waals surface area contributed by atoms with Crippen molar-refractivity contribution in [2.24, 2.45) is 0 Å². The number of aliphatic hydroxyl groups is 2. The lowest BCUT2D eigenvalue weighted by Gasteiger charge is -2.25. The number of likely N-dealkylation sites (N-methyl/N-ethyl adjacent to an activating group) is 2. The second-order valence-electron chi connectivity index (χ2n) is 6.84. The number of carbonyl (C=O) groups excluding carboxylic acids is 3. The summed E-state index contributed by atoms with van der Waals surface area (Å²) in [4.78, 5) is 37.7. The molecule has 0 saturated carbocycles. The largest absolute Gasteiger partial charge is 0.491 e. The van der Waals surface area contributed by atoms with E-state index >= 15 is 0 Å². The summed E-state index contributed by atoms with van der Waals surface area (Å²) < 4.78 is 10.7. The van der Waals surface area contributed by atoms with E-state index in [9.17, 15) is 14.4 Å². The third-order valence-electron chi connectivity index (χ3n) is 4.71. The Hall–Kier alpha value is -3.27. The maximum absolute atomic E-state index is 12.8. The van der Waals surface area contributed by atoms with Crippen molar-refractivity contribution >= 4 is 17.6 Å². The summed E-state index contributed by atoms with van der Waals surface area (Å²) in [6.45, 7) is 0.173. The summed E-state index contributed by atoms with van der Waals surface area (Å²) in [5.74, 6) is -1.26. The number of Topliss-reactive ketones (excluding diaryl/α,β-unsaturated/α-hetero) is 1. The van der Waals surface area contributed by atoms with Crippen LogP contribution in [0, 0.1) is 0 Å². The molecule has 1 atom stereocenters. The minimum atomic E-state index is -1.40. The molecule has 9 heteroatoms. The number of amides is 2. The average molecular weight is 444 g/mol. The van der Waals surface area contributed by atoms with Crippen molar-refractivity contribution in [3.8, 4) is 16.9 Å². The number of ketones is 1. The zero-order valence-electron chi connectivity index (χ0n) is 18.1. The first-order chi connectivity index (χ1) is 15.4. The van der Waals surface area contributed by atoms with E-state index in [0.29, 0.717) is 24.5 Å². The maximum Gasteiger partial charge on any atom is 0.254 e. The molecule has 172 valence electrons. The van der Waals surface area contributed by atoms with Gasteiger partial charge >= 0.3 is 0 Å². The van der Waals surface area contributed by atoms with Crippen LogP contribution in [0.4, 0.5) is 0 Å². The lowest BCUT2D eigenvalue weighted by atomic mass is 10.0. The summed E-state index contributed by atoms with van der Waals surface area (Å²) in [5, 5.41) is 20.1. The number of nitrogens with zero attached hydrogens (tertiary/aromatic N) is 1. The van der Waals surface area contributed by atoms with Crippen LogP contribution in [-0.2, 0) is 14.3 Å². The standard InChI is InChI=1S/C23H28N2O7/c1-24-22(29)21(20(28)15-27)25(2)23(30)18-5-3-16(4-6-18)17-7-9-19(10-8-17)32-14-13-31-12-11-26/h3-10,21,26-27H,11-15H2,1-2H3,(H,24,29). The summed E-state index contributed by atoms with van der Waals surface area (Å²) in [5.41, 5.74) is 2.09. The van der Waals surface area contributed by atoms with Crippen LogP contribution in [0.5, 0.6) is 5.75 Å². The smallest absolute Gasteiger partial charge is 0.254 e. The summed E-state index contributed by atoms with van der Waals surface area (Å²) in [6.07, 6.45) is 0. The van der Waals surface area contributed by atoms with Gasteiger partial charge in [-0.1, -0.05) is 24.3 Å². The average Bonchev–Trinajstić information content (AvgIpc) is 2.83. The van der Waals surface area contributed by atoms with Crippen molar-refractivity contribution in [1.29, 1.82) is 0 Å². The van der Waals surface area contributed by atoms with Gasteiger partial charge in [0.2, 0.25) is 5.91 Å². The summed E-state index contributed by atoms with van der Waals surface area (Å²) in [7, 11) is 2.70. The number of carbonyl (C=O) groups is 3. The highest BCUT2D eigenvalue weighted by Gasteiger charge is 2.32. The molecule has 0 bridgehead atoms. The van der Waals surface area contributed by atoms with E-state index < -0.39 is 30.2 Å². The molecule has 0 aromatic heterocycles. The lowest BCUT2D eigenvalue weighted by Crippen LogP contribution is -2.52. The number of hydrogen-bond donors (Lipinski definition) is 3. The molecule has 0 aliphatic heterocycles. The maximum atomic E-state index is 12.8. The SMILES string of the molecule is CNC(=O)C(C(=O)CO)N(C)C(=O)c1ccc(-c2ccc(OCCOCCO)cc2)cc1. The Labute approximate surface area is 186 Å². The monoisotopic (exact) mass is 444 g/mol. The third-order valence-corrected chi connectivity index (χ3v) is 4.71. The van der Waals surface area contributed by atoms with Crippen LogP contribution in [0.2, 0.25) is 0 Å². The Morgan fingerprint density at radius 2 is 1.53 bits per heavy atom. The second kappa shape index (κ2) is 12.6. The summed E-state index contributed by atoms with van der Waals surface area (Å²) >= 11 is 0. The van der Waals surface area contributed by atoms with Gasteiger partial charge < -0.3 is 29.9 Å². The third kappa shape index (κ3) is 6.61. The molecule has 3 N–H and O–H groups in total. The van der Waals surface area contributed by atoms with Gasteiger partial charge in [-0.25, -0.2) is 0 Å². The molecule has 9 nitrogen and oxygen atoms in total. The van der Waals surface area contributed by atoms with Crippen LogP contribution < -0.4 is 10.1 Å². The van der Waals surface area contributed by atoms with E-state index in [-0.39, 0.29) is 13.2 Å². The van der Waals surface area contributed by atoms with Crippen molar-refractivity contribution in [2.75, 3.05) is 47.1 Å². The van der Waals surface area contributed by atoms with Crippen molar-refractivity contribution in [2.45, 2.75) is 6.04 Å². The van der Waals surface area contributed by atoms with Crippen LogP contribution in [-0.4, -0.2) is 85.9 Å². The highest BCUT2D eigenvalue weighted by atomic mass is 16.5. The summed E-state index contributed by atoms with van der Waals surface area (Å²) in [6, 6.07) is 12.8. The quantitative estimate of drug-likeness (QED) is 0.321. The molecule has 0 aliphatic carbocycles. The van der Waals surface area contributed by atoms with Gasteiger partial charge in [0, 0.05) is 19.7 Å². The Morgan fingerprint density at radius 1 is 0.938 bits per heavy atom. The number of rotatable bonds is 12. The topological polar surface area (TPSA) is 125 Å². The van der Waals surface area contributed by atoms with Gasteiger partial charge in [0.25, 0.3) is 5.91 Å². The van der Waals surface area contributed by atoms with E-state index in [1.54, 1.807) is 24.3 Å². The number of hydrogen-bond acceptors (Lipinski definition) is 7. The molecule has 0 radical (unpaired) electrons. The van der Waals surface area contributed by atoms with Crippen LogP contribution in [0.1, 0.15) is 10.4 Å². The minimum absolute atomic E-state index is 0.0230. The van der Waals surface area contributed by atoms with Gasteiger partial charge in [-0.15, -0.1) is 0 Å². The predicted octanol–water partition coefficient (Wildman–Crippen LogP) is 0.489. The van der Waals surface area contributed by atoms with Crippen LogP contribution in [0.3, 0.4) is 0 Å². The molecule has 0 aliphatic rings. The molecular formula is C23H28N2O7. The Bertz CT molecular complexity index is 882. The van der Waals surface area contributed by atoms with Crippen molar-refractivity contribution in [3.05, 3.63) is 54.1 Å². The minimum Gasteiger partial charge on any atom is -0.491 e. The molecule has 2 amide bonds. The zero-order valence-corrected chi connectivity index (χ0v) is 18.1. The molecule has 0 spiro atoms. The van der Waals surface area contributed by atoms with Gasteiger partial charge in [-0.2, -0.15) is 0 Å². The number of ether oxygens (including phenoxy) is 2. The molecule has 32 heavy (non-hydrogen) atoms. The molecule has 2 aromatic carbocycles. The zero-order chi connectivity index (χ0) is 23.5. The molecule has 0 heterocycles. The second-order valence-corrected chi connectivity index (χ2v) is 6.84. The van der Waals surface area contributed by atoms with Gasteiger partial charge in [-0.05, 0) is 35.4 Å². The number of benzene rings is 2. The van der Waals surface area contributed by atoms with E-state index in [0.717, 1.165) is 16.0 Å². The first-order valence-corrected chi connectivity index (χ1v) is 10.1. The van der Waals surface area contributed by atoms with Gasteiger partial charge in [-0.3, -0.25) is 14.4 Å². The van der Waals surface area contributed by atoms with Crippen LogP contribution >= 0.6 is 0 Å². The first-order valence-electron chi connectivity index (χ1n) is 10.1. The molecule has 2 aromatic rings. The van der Waals surface area contributed by atoms with E-state index in [4.69, 9.17) is 19.7 Å². The normalized spacial score (nSPS) is 11.5. The Balaban J connectivity index is 2.05. The molecule has 1 unspecified atom stereocenters. The van der Waals surface area contributed by atoms with E-state index in [1.807, 2.05) is 24.3 Å². The predicted molar refractivity (Wildman–Crippen MR) is 117 cm³/mol. The molecular weight excluding hydrogens is 416 g/mol. The van der Waals surface area contributed by atoms with Crippen molar-refractivity contribution in [1.82, 2.24) is 10.2 Å². The van der Waals surface area contributed by atoms with Crippen molar-refractivity contribution in [3.63, 3.8) is 0 Å². The molecule has 2 rings (SSSR count). The number of aliphatic hydroxyl groups excluding tert-OH is 2. The molecule has 0 fully saturated rings. The van der Waals surface area contributed by atoms with E-state index in [2.05, 4.69) is 5.32 Å². The Morgan fingerprint density at radius 3 is 2.06 bits per heavy atom. The van der Waals surface area contributed by atoms with E-state index in [1.165, 1.54) is 14.1 Å². The van der Waals surface area contributed by atoms with Gasteiger partial charge in [0.15, 0.2) is 11.8 Å². The highest BCUT2D eigenvalue weighted by molar-refractivity contribution is 6.10. The van der Waals surface area contributed by atoms with Gasteiger partial charge in [0.1, 0.15) is 19.0 Å². The Kier molecular flexibility index (Phi) is 9.80. The van der Waals surface area contributed by atoms with Crippen LogP contribution in [0.15, 0.2) is 48.5 Å².